The van der Waals surface area contributed by atoms with Crippen molar-refractivity contribution >= 4 is 0 Å². The van der Waals surface area contributed by atoms with Crippen LogP contribution in [0.1, 0.15) is 25.0 Å². The number of fused-ring (bicyclic) bond motifs is 3. The molecule has 6 aromatic rings. The van der Waals surface area contributed by atoms with E-state index in [9.17, 15) is 0 Å². The lowest BCUT2D eigenvalue weighted by Gasteiger charge is -2.22. The topological polar surface area (TPSA) is 38.7 Å². The van der Waals surface area contributed by atoms with E-state index in [2.05, 4.69) is 98.8 Å². The molecule has 3 nitrogen and oxygen atoms in total. The summed E-state index contributed by atoms with van der Waals surface area (Å²) in [4.78, 5) is 14.8. The molecule has 0 saturated carbocycles. The summed E-state index contributed by atoms with van der Waals surface area (Å²) in [5.74, 6) is 0.707. The minimum absolute atomic E-state index is 0.0722. The highest BCUT2D eigenvalue weighted by Crippen LogP contribution is 2.49. The van der Waals surface area contributed by atoms with Gasteiger partial charge in [-0.3, -0.25) is 4.98 Å². The zero-order chi connectivity index (χ0) is 26.4. The first-order chi connectivity index (χ1) is 19.1. The van der Waals surface area contributed by atoms with Crippen LogP contribution in [0.25, 0.3) is 56.3 Å². The summed E-state index contributed by atoms with van der Waals surface area (Å²) in [7, 11) is 0. The van der Waals surface area contributed by atoms with E-state index in [-0.39, 0.29) is 5.41 Å². The lowest BCUT2D eigenvalue weighted by Crippen LogP contribution is -2.14. The van der Waals surface area contributed by atoms with Crippen LogP contribution < -0.4 is 0 Å². The largest absolute Gasteiger partial charge is 0.256 e. The summed E-state index contributed by atoms with van der Waals surface area (Å²) in [5.41, 5.74) is 12.1. The molecule has 39 heavy (non-hydrogen) atoms. The van der Waals surface area contributed by atoms with Crippen LogP contribution in [0.15, 0.2) is 128 Å². The first kappa shape index (κ1) is 23.2. The van der Waals surface area contributed by atoms with Crippen molar-refractivity contribution in [1.82, 2.24) is 15.0 Å². The van der Waals surface area contributed by atoms with E-state index in [1.54, 1.807) is 0 Å². The van der Waals surface area contributed by atoms with E-state index in [0.29, 0.717) is 5.82 Å². The van der Waals surface area contributed by atoms with Crippen molar-refractivity contribution in [2.24, 2.45) is 0 Å². The number of rotatable bonds is 4. The molecule has 0 saturated heterocycles. The molecule has 0 fully saturated rings. The monoisotopic (exact) mass is 501 g/mol. The van der Waals surface area contributed by atoms with Gasteiger partial charge < -0.3 is 0 Å². The molecule has 0 atom stereocenters. The highest BCUT2D eigenvalue weighted by Gasteiger charge is 2.35. The van der Waals surface area contributed by atoms with E-state index in [1.165, 1.54) is 22.3 Å². The van der Waals surface area contributed by atoms with Crippen LogP contribution in [0.2, 0.25) is 0 Å². The molecule has 2 heterocycles. The predicted molar refractivity (Wildman–Crippen MR) is 159 cm³/mol. The number of hydrogen-bond acceptors (Lipinski definition) is 3. The van der Waals surface area contributed by atoms with Crippen molar-refractivity contribution in [2.45, 2.75) is 19.3 Å². The Morgan fingerprint density at radius 3 is 1.79 bits per heavy atom. The van der Waals surface area contributed by atoms with Crippen LogP contribution in [0, 0.1) is 0 Å². The van der Waals surface area contributed by atoms with Crippen molar-refractivity contribution in [2.75, 3.05) is 0 Å². The van der Waals surface area contributed by atoms with Gasteiger partial charge in [-0.1, -0.05) is 111 Å². The van der Waals surface area contributed by atoms with Crippen molar-refractivity contribution in [1.29, 1.82) is 0 Å². The molecule has 0 unspecified atom stereocenters. The maximum Gasteiger partial charge on any atom is 0.160 e. The molecular formula is C36H27N3. The van der Waals surface area contributed by atoms with E-state index in [1.807, 2.05) is 42.6 Å². The second-order valence-electron chi connectivity index (χ2n) is 10.6. The third-order valence-electron chi connectivity index (χ3n) is 7.77. The number of nitrogens with zero attached hydrogens (tertiary/aromatic N) is 3. The molecule has 4 aromatic carbocycles. The summed E-state index contributed by atoms with van der Waals surface area (Å²) >= 11 is 0. The quantitative estimate of drug-likeness (QED) is 0.242. The van der Waals surface area contributed by atoms with Crippen LogP contribution in [-0.2, 0) is 5.41 Å². The highest BCUT2D eigenvalue weighted by molar-refractivity contribution is 5.84. The molecule has 7 rings (SSSR count). The number of hydrogen-bond donors (Lipinski definition) is 0. The summed E-state index contributed by atoms with van der Waals surface area (Å²) in [6.45, 7) is 4.62. The third-order valence-corrected chi connectivity index (χ3v) is 7.77. The Labute approximate surface area is 228 Å². The van der Waals surface area contributed by atoms with Gasteiger partial charge in [0.2, 0.25) is 0 Å². The summed E-state index contributed by atoms with van der Waals surface area (Å²) in [5, 5.41) is 0. The molecule has 0 amide bonds. The molecule has 2 aromatic heterocycles. The fourth-order valence-electron chi connectivity index (χ4n) is 5.65. The molecular weight excluding hydrogens is 474 g/mol. The van der Waals surface area contributed by atoms with E-state index < -0.39 is 0 Å². The smallest absolute Gasteiger partial charge is 0.160 e. The lowest BCUT2D eigenvalue weighted by molar-refractivity contribution is 0.660. The summed E-state index contributed by atoms with van der Waals surface area (Å²) in [6.07, 6.45) is 1.91. The molecule has 1 aliphatic rings. The summed E-state index contributed by atoms with van der Waals surface area (Å²) < 4.78 is 0. The molecule has 0 bridgehead atoms. The average molecular weight is 502 g/mol. The number of aromatic nitrogens is 3. The van der Waals surface area contributed by atoms with Gasteiger partial charge in [-0.05, 0) is 46.5 Å². The molecule has 0 aliphatic heterocycles. The number of benzene rings is 4. The van der Waals surface area contributed by atoms with Gasteiger partial charge in [0.15, 0.2) is 5.82 Å². The minimum Gasteiger partial charge on any atom is -0.256 e. The van der Waals surface area contributed by atoms with Gasteiger partial charge in [0.25, 0.3) is 0 Å². The Balaban J connectivity index is 1.35. The lowest BCUT2D eigenvalue weighted by atomic mass is 9.82. The SMILES string of the molecule is CC1(C)c2ccccc2-c2ccc(-c3cc(-c4ccc(-c5ccccc5)nc4)nc(-c4ccccc4)n3)cc21. The van der Waals surface area contributed by atoms with Gasteiger partial charge in [0, 0.05) is 33.9 Å². The zero-order valence-corrected chi connectivity index (χ0v) is 22.0. The van der Waals surface area contributed by atoms with E-state index in [0.717, 1.165) is 39.3 Å². The maximum atomic E-state index is 5.06. The highest BCUT2D eigenvalue weighted by atomic mass is 14.9. The van der Waals surface area contributed by atoms with Gasteiger partial charge >= 0.3 is 0 Å². The average Bonchev–Trinajstić information content (AvgIpc) is 3.24. The van der Waals surface area contributed by atoms with Gasteiger partial charge in [0.1, 0.15) is 0 Å². The molecule has 186 valence electrons. The first-order valence-corrected chi connectivity index (χ1v) is 13.3. The van der Waals surface area contributed by atoms with Gasteiger partial charge in [-0.15, -0.1) is 0 Å². The third kappa shape index (κ3) is 4.04. The molecule has 1 aliphatic carbocycles. The second kappa shape index (κ2) is 9.14. The zero-order valence-electron chi connectivity index (χ0n) is 22.0. The molecule has 3 heteroatoms. The number of pyridine rings is 1. The first-order valence-electron chi connectivity index (χ1n) is 13.3. The Morgan fingerprint density at radius 1 is 0.462 bits per heavy atom. The van der Waals surface area contributed by atoms with Gasteiger partial charge in [-0.2, -0.15) is 0 Å². The Bertz CT molecular complexity index is 1810. The predicted octanol–water partition coefficient (Wildman–Crippen LogP) is 8.85. The van der Waals surface area contributed by atoms with Crippen LogP contribution in [0.4, 0.5) is 0 Å². The fraction of sp³-hybridized carbons (Fsp3) is 0.0833. The maximum absolute atomic E-state index is 5.06. The van der Waals surface area contributed by atoms with Crippen molar-refractivity contribution < 1.29 is 0 Å². The van der Waals surface area contributed by atoms with E-state index in [4.69, 9.17) is 15.0 Å². The van der Waals surface area contributed by atoms with Crippen LogP contribution in [0.5, 0.6) is 0 Å². The standard InChI is InChI=1S/C36H27N3/c1-36(2)30-16-10-9-15-28(30)29-19-17-26(21-31(29)36)33-22-34(39-35(38-33)25-13-7-4-8-14-25)27-18-20-32(37-23-27)24-11-5-3-6-12-24/h3-23H,1-2H3. The minimum atomic E-state index is -0.0722. The van der Waals surface area contributed by atoms with Gasteiger partial charge in [0.05, 0.1) is 17.1 Å². The second-order valence-corrected chi connectivity index (χ2v) is 10.6. The van der Waals surface area contributed by atoms with Crippen molar-refractivity contribution in [3.8, 4) is 56.3 Å². The fourth-order valence-corrected chi connectivity index (χ4v) is 5.65. The van der Waals surface area contributed by atoms with Crippen LogP contribution in [-0.4, -0.2) is 15.0 Å². The van der Waals surface area contributed by atoms with Crippen molar-refractivity contribution in [3.63, 3.8) is 0 Å². The van der Waals surface area contributed by atoms with Gasteiger partial charge in [-0.25, -0.2) is 9.97 Å². The Kier molecular flexibility index (Phi) is 5.45. The molecule has 0 spiro atoms. The Morgan fingerprint density at radius 2 is 1.08 bits per heavy atom. The summed E-state index contributed by atoms with van der Waals surface area (Å²) in [6, 6.07) is 42.1. The van der Waals surface area contributed by atoms with Crippen LogP contribution >= 0.6 is 0 Å². The van der Waals surface area contributed by atoms with Crippen LogP contribution in [0.3, 0.4) is 0 Å². The van der Waals surface area contributed by atoms with Crippen molar-refractivity contribution in [3.05, 3.63) is 139 Å². The normalized spacial score (nSPS) is 13.1. The Hall–Kier alpha value is -4.89. The molecule has 0 N–H and O–H groups in total. The van der Waals surface area contributed by atoms with E-state index >= 15 is 0 Å². The molecule has 0 radical (unpaired) electrons.